The molecule has 2 rings (SSSR count). The van der Waals surface area contributed by atoms with Gasteiger partial charge in [0.05, 0.1) is 6.54 Å². The van der Waals surface area contributed by atoms with Crippen LogP contribution >= 0.6 is 24.0 Å². The van der Waals surface area contributed by atoms with E-state index in [1.165, 1.54) is 6.07 Å². The molecule has 0 bridgehead atoms. The molecule has 2 unspecified atom stereocenters. The van der Waals surface area contributed by atoms with Crippen LogP contribution in [0.1, 0.15) is 13.8 Å². The molecule has 1 aromatic carbocycles. The van der Waals surface area contributed by atoms with Crippen LogP contribution in [0.3, 0.4) is 0 Å². The number of rotatable bonds is 7. The van der Waals surface area contributed by atoms with E-state index in [9.17, 15) is 4.39 Å². The molecule has 0 aromatic heterocycles. The molecule has 1 heterocycles. The number of aliphatic imine (C=N–C) groups is 1. The van der Waals surface area contributed by atoms with Crippen molar-refractivity contribution >= 4 is 29.9 Å². The second-order valence-corrected chi connectivity index (χ2v) is 6.88. The molecule has 8 heteroatoms. The summed E-state index contributed by atoms with van der Waals surface area (Å²) in [5.41, 5.74) is 0. The number of guanidine groups is 1. The molecule has 2 atom stereocenters. The fraction of sp³-hybridized carbons (Fsp3) is 0.632. The van der Waals surface area contributed by atoms with E-state index in [2.05, 4.69) is 39.4 Å². The molecule has 6 nitrogen and oxygen atoms in total. The Balaban J connectivity index is 0.00000364. The van der Waals surface area contributed by atoms with Gasteiger partial charge in [0.2, 0.25) is 0 Å². The third-order valence-corrected chi connectivity index (χ3v) is 4.67. The van der Waals surface area contributed by atoms with Gasteiger partial charge in [0.1, 0.15) is 6.10 Å². The first-order valence-electron chi connectivity index (χ1n) is 9.28. The lowest BCUT2D eigenvalue weighted by Gasteiger charge is -2.36. The van der Waals surface area contributed by atoms with Crippen molar-refractivity contribution in [1.29, 1.82) is 0 Å². The molecule has 1 saturated heterocycles. The minimum absolute atomic E-state index is 0. The zero-order chi connectivity index (χ0) is 18.9. The summed E-state index contributed by atoms with van der Waals surface area (Å²) in [6.07, 6.45) is -0.180. The number of piperazine rings is 1. The van der Waals surface area contributed by atoms with Crippen LogP contribution in [-0.2, 0) is 0 Å². The van der Waals surface area contributed by atoms with E-state index in [0.29, 0.717) is 12.6 Å². The maximum absolute atomic E-state index is 13.6. The van der Waals surface area contributed by atoms with Gasteiger partial charge in [-0.2, -0.15) is 0 Å². The molecule has 2 N–H and O–H groups in total. The first-order valence-corrected chi connectivity index (χ1v) is 9.28. The highest BCUT2D eigenvalue weighted by Crippen LogP contribution is 2.16. The molecule has 1 aromatic rings. The van der Waals surface area contributed by atoms with E-state index in [4.69, 9.17) is 4.74 Å². The van der Waals surface area contributed by atoms with E-state index in [0.717, 1.165) is 38.7 Å². The van der Waals surface area contributed by atoms with Gasteiger partial charge in [0.15, 0.2) is 17.5 Å². The molecule has 1 aliphatic rings. The highest BCUT2D eigenvalue weighted by atomic mass is 127. The van der Waals surface area contributed by atoms with Gasteiger partial charge in [-0.25, -0.2) is 4.39 Å². The summed E-state index contributed by atoms with van der Waals surface area (Å²) in [6, 6.07) is 6.89. The fourth-order valence-electron chi connectivity index (χ4n) is 2.90. The topological polar surface area (TPSA) is 52.1 Å². The monoisotopic (exact) mass is 493 g/mol. The molecule has 0 radical (unpaired) electrons. The Kier molecular flexibility index (Phi) is 10.9. The van der Waals surface area contributed by atoms with Crippen molar-refractivity contribution in [2.45, 2.75) is 26.0 Å². The van der Waals surface area contributed by atoms with Crippen molar-refractivity contribution in [2.75, 3.05) is 53.4 Å². The number of nitrogens with zero attached hydrogens (tertiary/aromatic N) is 3. The minimum atomic E-state index is -0.345. The van der Waals surface area contributed by atoms with Crippen LogP contribution in [0, 0.1) is 5.82 Å². The number of ether oxygens (including phenoxy) is 1. The van der Waals surface area contributed by atoms with Gasteiger partial charge < -0.3 is 20.3 Å². The van der Waals surface area contributed by atoms with Crippen LogP contribution in [0.15, 0.2) is 29.3 Å². The largest absolute Gasteiger partial charge is 0.486 e. The molecule has 154 valence electrons. The van der Waals surface area contributed by atoms with Crippen LogP contribution in [0.5, 0.6) is 5.75 Å². The number of para-hydroxylation sites is 1. The molecule has 1 aliphatic heterocycles. The highest BCUT2D eigenvalue weighted by Gasteiger charge is 2.19. The zero-order valence-electron chi connectivity index (χ0n) is 16.7. The summed E-state index contributed by atoms with van der Waals surface area (Å²) in [4.78, 5) is 9.10. The lowest BCUT2D eigenvalue weighted by molar-refractivity contribution is 0.120. The highest BCUT2D eigenvalue weighted by molar-refractivity contribution is 14.0. The van der Waals surface area contributed by atoms with Crippen LogP contribution in [0.2, 0.25) is 0 Å². The van der Waals surface area contributed by atoms with E-state index in [-0.39, 0.29) is 41.6 Å². The van der Waals surface area contributed by atoms with Crippen molar-refractivity contribution in [2.24, 2.45) is 4.99 Å². The lowest BCUT2D eigenvalue weighted by Crippen LogP contribution is -2.52. The SMILES string of the molecule is CN=C(NCC(C)Oc1ccccc1F)NCC(C)N1CCN(C)CC1.I. The number of benzene rings is 1. The van der Waals surface area contributed by atoms with Gasteiger partial charge in [-0.3, -0.25) is 9.89 Å². The molecule has 27 heavy (non-hydrogen) atoms. The van der Waals surface area contributed by atoms with Gasteiger partial charge in [-0.05, 0) is 33.0 Å². The average Bonchev–Trinajstić information content (AvgIpc) is 2.64. The molecular formula is C19H33FIN5O. The third-order valence-electron chi connectivity index (χ3n) is 4.67. The quantitative estimate of drug-likeness (QED) is 0.346. The Bertz CT molecular complexity index is 581. The van der Waals surface area contributed by atoms with Crippen molar-refractivity contribution in [3.8, 4) is 5.75 Å². The molecule has 0 saturated carbocycles. The van der Waals surface area contributed by atoms with Crippen LogP contribution < -0.4 is 15.4 Å². The maximum atomic E-state index is 13.6. The Hall–Kier alpha value is -1.13. The molecular weight excluding hydrogens is 460 g/mol. The van der Waals surface area contributed by atoms with E-state index in [1.807, 2.05) is 6.92 Å². The van der Waals surface area contributed by atoms with Gasteiger partial charge >= 0.3 is 0 Å². The van der Waals surface area contributed by atoms with E-state index in [1.54, 1.807) is 25.2 Å². The smallest absolute Gasteiger partial charge is 0.191 e. The fourth-order valence-corrected chi connectivity index (χ4v) is 2.90. The summed E-state index contributed by atoms with van der Waals surface area (Å²) in [5, 5.41) is 6.60. The van der Waals surface area contributed by atoms with Crippen LogP contribution in [-0.4, -0.2) is 81.3 Å². The number of hydrogen-bond acceptors (Lipinski definition) is 4. The van der Waals surface area contributed by atoms with Crippen LogP contribution in [0.4, 0.5) is 4.39 Å². The van der Waals surface area contributed by atoms with Crippen molar-refractivity contribution < 1.29 is 9.13 Å². The van der Waals surface area contributed by atoms with E-state index >= 15 is 0 Å². The summed E-state index contributed by atoms with van der Waals surface area (Å²) in [5.74, 6) is 0.659. The van der Waals surface area contributed by atoms with Gasteiger partial charge in [-0.15, -0.1) is 24.0 Å². The van der Waals surface area contributed by atoms with Gasteiger partial charge in [0, 0.05) is 45.8 Å². The lowest BCUT2D eigenvalue weighted by atomic mass is 10.2. The van der Waals surface area contributed by atoms with Crippen molar-refractivity contribution in [3.63, 3.8) is 0 Å². The molecule has 0 aliphatic carbocycles. The Morgan fingerprint density at radius 1 is 1.15 bits per heavy atom. The second kappa shape index (κ2) is 12.4. The number of halogens is 2. The predicted molar refractivity (Wildman–Crippen MR) is 120 cm³/mol. The summed E-state index contributed by atoms with van der Waals surface area (Å²) in [6.45, 7) is 9.92. The van der Waals surface area contributed by atoms with Gasteiger partial charge in [-0.1, -0.05) is 12.1 Å². The molecule has 0 amide bonds. The first kappa shape index (κ1) is 23.9. The number of hydrogen-bond donors (Lipinski definition) is 2. The average molecular weight is 493 g/mol. The zero-order valence-corrected chi connectivity index (χ0v) is 19.1. The summed E-state index contributed by atoms with van der Waals surface area (Å²) >= 11 is 0. The summed E-state index contributed by atoms with van der Waals surface area (Å²) < 4.78 is 19.3. The number of nitrogens with one attached hydrogen (secondary N) is 2. The first-order chi connectivity index (χ1) is 12.5. The van der Waals surface area contributed by atoms with Gasteiger partial charge in [0.25, 0.3) is 0 Å². The normalized spacial score (nSPS) is 18.3. The Labute approximate surface area is 179 Å². The molecule has 0 spiro atoms. The predicted octanol–water partition coefficient (Wildman–Crippen LogP) is 2.01. The number of likely N-dealkylation sites (N-methyl/N-ethyl adjacent to an activating group) is 1. The Morgan fingerprint density at radius 3 is 2.41 bits per heavy atom. The summed E-state index contributed by atoms with van der Waals surface area (Å²) in [7, 11) is 3.91. The van der Waals surface area contributed by atoms with Crippen molar-refractivity contribution in [3.05, 3.63) is 30.1 Å². The standard InChI is InChI=1S/C19H32FN5O.HI/c1-15(25-11-9-24(4)10-12-25)13-22-19(21-3)23-14-16(2)26-18-8-6-5-7-17(18)20;/h5-8,15-16H,9-14H2,1-4H3,(H2,21,22,23);1H. The van der Waals surface area contributed by atoms with Crippen molar-refractivity contribution in [1.82, 2.24) is 20.4 Å². The van der Waals surface area contributed by atoms with E-state index < -0.39 is 0 Å². The molecule has 1 fully saturated rings. The Morgan fingerprint density at radius 2 is 1.78 bits per heavy atom. The minimum Gasteiger partial charge on any atom is -0.486 e. The second-order valence-electron chi connectivity index (χ2n) is 6.88. The van der Waals surface area contributed by atoms with Crippen LogP contribution in [0.25, 0.3) is 0 Å². The maximum Gasteiger partial charge on any atom is 0.191 e. The third kappa shape index (κ3) is 8.18.